The van der Waals surface area contributed by atoms with Gasteiger partial charge in [0.15, 0.2) is 0 Å². The summed E-state index contributed by atoms with van der Waals surface area (Å²) in [6.45, 7) is 1.92. The highest BCUT2D eigenvalue weighted by Crippen LogP contribution is 2.25. The van der Waals surface area contributed by atoms with Crippen LogP contribution in [-0.4, -0.2) is 28.3 Å². The van der Waals surface area contributed by atoms with Gasteiger partial charge < -0.3 is 5.11 Å². The van der Waals surface area contributed by atoms with Crippen LogP contribution in [0.25, 0.3) is 0 Å². The third kappa shape index (κ3) is 8.59. The summed E-state index contributed by atoms with van der Waals surface area (Å²) >= 11 is 0.877. The van der Waals surface area contributed by atoms with Crippen LogP contribution in [0.4, 0.5) is 13.2 Å². The van der Waals surface area contributed by atoms with Gasteiger partial charge in [-0.25, -0.2) is 0 Å². The Morgan fingerprint density at radius 3 is 2.47 bits per heavy atom. The molecule has 15 heavy (non-hydrogen) atoms. The zero-order chi connectivity index (χ0) is 11.9. The second kappa shape index (κ2) is 6.98. The number of carbonyl (C=O) groups is 1. The molecule has 0 aliphatic carbocycles. The zero-order valence-electron chi connectivity index (χ0n) is 8.51. The van der Waals surface area contributed by atoms with E-state index in [0.29, 0.717) is 6.42 Å². The van der Waals surface area contributed by atoms with Crippen LogP contribution in [0.15, 0.2) is 0 Å². The van der Waals surface area contributed by atoms with Crippen molar-refractivity contribution < 1.29 is 23.1 Å². The van der Waals surface area contributed by atoms with E-state index < -0.39 is 23.8 Å². The van der Waals surface area contributed by atoms with Crippen LogP contribution in [-0.2, 0) is 4.79 Å². The van der Waals surface area contributed by atoms with Crippen molar-refractivity contribution in [3.05, 3.63) is 0 Å². The molecule has 0 aromatic heterocycles. The highest BCUT2D eigenvalue weighted by molar-refractivity contribution is 8.00. The molecule has 0 radical (unpaired) electrons. The molecular weight excluding hydrogens is 229 g/mol. The number of thioether (sulfide) groups is 1. The number of aliphatic carboxylic acids is 1. The molecule has 0 saturated carbocycles. The summed E-state index contributed by atoms with van der Waals surface area (Å²) in [5.41, 5.74) is 0. The predicted molar refractivity (Wildman–Crippen MR) is 54.1 cm³/mol. The third-order valence-electron chi connectivity index (χ3n) is 1.80. The molecule has 0 heterocycles. The van der Waals surface area contributed by atoms with E-state index in [4.69, 9.17) is 5.11 Å². The molecule has 0 aromatic carbocycles. The fourth-order valence-corrected chi connectivity index (χ4v) is 2.09. The van der Waals surface area contributed by atoms with Gasteiger partial charge in [0.1, 0.15) is 5.25 Å². The lowest BCUT2D eigenvalue weighted by Gasteiger charge is -2.12. The van der Waals surface area contributed by atoms with Gasteiger partial charge in [-0.2, -0.15) is 13.2 Å². The molecule has 0 spiro atoms. The van der Waals surface area contributed by atoms with Crippen molar-refractivity contribution in [2.45, 2.75) is 44.0 Å². The number of hydrogen-bond acceptors (Lipinski definition) is 2. The summed E-state index contributed by atoms with van der Waals surface area (Å²) in [4.78, 5) is 10.7. The molecule has 1 unspecified atom stereocenters. The topological polar surface area (TPSA) is 37.3 Å². The van der Waals surface area contributed by atoms with E-state index in [0.717, 1.165) is 24.6 Å². The molecule has 2 nitrogen and oxygen atoms in total. The van der Waals surface area contributed by atoms with E-state index in [9.17, 15) is 18.0 Å². The molecule has 90 valence electrons. The monoisotopic (exact) mass is 244 g/mol. The smallest absolute Gasteiger partial charge is 0.389 e. The first-order valence-corrected chi connectivity index (χ1v) is 5.83. The van der Waals surface area contributed by atoms with Crippen molar-refractivity contribution >= 4 is 17.7 Å². The number of alkyl halides is 3. The van der Waals surface area contributed by atoms with Gasteiger partial charge in [-0.05, 0) is 6.42 Å². The van der Waals surface area contributed by atoms with Crippen molar-refractivity contribution in [1.29, 1.82) is 0 Å². The Morgan fingerprint density at radius 2 is 2.07 bits per heavy atom. The molecule has 0 rings (SSSR count). The summed E-state index contributed by atoms with van der Waals surface area (Å²) in [6, 6.07) is 0. The second-order valence-corrected chi connectivity index (χ2v) is 4.52. The van der Waals surface area contributed by atoms with Gasteiger partial charge in [0.05, 0.1) is 6.42 Å². The van der Waals surface area contributed by atoms with Crippen LogP contribution in [0.5, 0.6) is 0 Å². The van der Waals surface area contributed by atoms with Crippen molar-refractivity contribution in [2.75, 3.05) is 5.75 Å². The second-order valence-electron chi connectivity index (χ2n) is 3.21. The molecule has 6 heteroatoms. The minimum absolute atomic E-state index is 0.176. The van der Waals surface area contributed by atoms with E-state index in [1.807, 2.05) is 6.92 Å². The minimum Gasteiger partial charge on any atom is -0.480 e. The molecule has 0 aromatic rings. The maximum absolute atomic E-state index is 11.8. The molecule has 0 aliphatic heterocycles. The van der Waals surface area contributed by atoms with Gasteiger partial charge in [0.2, 0.25) is 0 Å². The van der Waals surface area contributed by atoms with Crippen LogP contribution in [0, 0.1) is 0 Å². The minimum atomic E-state index is -4.19. The largest absolute Gasteiger partial charge is 0.480 e. The van der Waals surface area contributed by atoms with Crippen molar-refractivity contribution in [3.8, 4) is 0 Å². The van der Waals surface area contributed by atoms with E-state index in [2.05, 4.69) is 0 Å². The average molecular weight is 244 g/mol. The molecule has 0 aliphatic rings. The lowest BCUT2D eigenvalue weighted by molar-refractivity contribution is -0.137. The van der Waals surface area contributed by atoms with Gasteiger partial charge in [0, 0.05) is 5.75 Å². The van der Waals surface area contributed by atoms with E-state index in [1.165, 1.54) is 0 Å². The predicted octanol–water partition coefficient (Wildman–Crippen LogP) is 3.32. The Morgan fingerprint density at radius 1 is 1.47 bits per heavy atom. The third-order valence-corrected chi connectivity index (χ3v) is 3.08. The number of rotatable bonds is 7. The molecule has 0 amide bonds. The fraction of sp³-hybridized carbons (Fsp3) is 0.889. The first kappa shape index (κ1) is 14.6. The summed E-state index contributed by atoms with van der Waals surface area (Å²) < 4.78 is 35.4. The number of unbranched alkanes of at least 4 members (excludes halogenated alkanes) is 1. The number of hydrogen-bond donors (Lipinski definition) is 1. The van der Waals surface area contributed by atoms with E-state index in [1.54, 1.807) is 0 Å². The molecule has 0 saturated heterocycles. The van der Waals surface area contributed by atoms with Gasteiger partial charge >= 0.3 is 12.1 Å². The summed E-state index contributed by atoms with van der Waals surface area (Å²) in [7, 11) is 0. The maximum atomic E-state index is 11.8. The first-order chi connectivity index (χ1) is 6.87. The van der Waals surface area contributed by atoms with Crippen LogP contribution >= 0.6 is 11.8 Å². The number of halogens is 3. The van der Waals surface area contributed by atoms with E-state index >= 15 is 0 Å². The maximum Gasteiger partial charge on any atom is 0.389 e. The highest BCUT2D eigenvalue weighted by atomic mass is 32.2. The van der Waals surface area contributed by atoms with Gasteiger partial charge in [-0.3, -0.25) is 4.79 Å². The van der Waals surface area contributed by atoms with Crippen LogP contribution in [0.1, 0.15) is 32.6 Å². The van der Waals surface area contributed by atoms with Crippen LogP contribution in [0.2, 0.25) is 0 Å². The standard InChI is InChI=1S/C9H15F3O2S/c1-2-3-4-7(8(13)14)15-6-5-9(10,11)12/h7H,2-6H2,1H3,(H,13,14). The van der Waals surface area contributed by atoms with E-state index in [-0.39, 0.29) is 5.75 Å². The Labute approximate surface area is 91.2 Å². The highest BCUT2D eigenvalue weighted by Gasteiger charge is 2.28. The lowest BCUT2D eigenvalue weighted by atomic mass is 10.2. The lowest BCUT2D eigenvalue weighted by Crippen LogP contribution is -2.18. The van der Waals surface area contributed by atoms with Crippen molar-refractivity contribution in [3.63, 3.8) is 0 Å². The van der Waals surface area contributed by atoms with Gasteiger partial charge in [0.25, 0.3) is 0 Å². The Balaban J connectivity index is 3.81. The van der Waals surface area contributed by atoms with Gasteiger partial charge in [-0.1, -0.05) is 19.8 Å². The number of carboxylic acid groups (broad SMARTS) is 1. The first-order valence-electron chi connectivity index (χ1n) is 4.78. The Bertz CT molecular complexity index is 194. The molecule has 0 fully saturated rings. The Hall–Kier alpha value is -0.390. The molecule has 1 atom stereocenters. The van der Waals surface area contributed by atoms with Crippen molar-refractivity contribution in [1.82, 2.24) is 0 Å². The normalized spacial score (nSPS) is 13.9. The summed E-state index contributed by atoms with van der Waals surface area (Å²) in [5, 5.41) is 8.03. The van der Waals surface area contributed by atoms with Crippen molar-refractivity contribution in [2.24, 2.45) is 0 Å². The summed E-state index contributed by atoms with van der Waals surface area (Å²) in [6.07, 6.45) is -3.09. The molecule has 1 N–H and O–H groups in total. The zero-order valence-corrected chi connectivity index (χ0v) is 9.33. The quantitative estimate of drug-likeness (QED) is 0.746. The molecule has 0 bridgehead atoms. The SMILES string of the molecule is CCCCC(SCCC(F)(F)F)C(=O)O. The van der Waals surface area contributed by atoms with Crippen LogP contribution < -0.4 is 0 Å². The number of carboxylic acids is 1. The fourth-order valence-electron chi connectivity index (χ4n) is 0.985. The van der Waals surface area contributed by atoms with Crippen LogP contribution in [0.3, 0.4) is 0 Å². The summed E-state index contributed by atoms with van der Waals surface area (Å²) in [5.74, 6) is -1.19. The molecular formula is C9H15F3O2S. The Kier molecular flexibility index (Phi) is 6.80. The van der Waals surface area contributed by atoms with Gasteiger partial charge in [-0.15, -0.1) is 11.8 Å². The average Bonchev–Trinajstić information content (AvgIpc) is 2.08.